The van der Waals surface area contributed by atoms with Crippen molar-refractivity contribution < 1.29 is 23.4 Å². The minimum absolute atomic E-state index is 0.341. The molecule has 0 fully saturated rings. The number of halogens is 2. The fourth-order valence-corrected chi connectivity index (χ4v) is 1.43. The number of aliphatic hydroxyl groups excluding tert-OH is 1. The summed E-state index contributed by atoms with van der Waals surface area (Å²) in [6.45, 7) is 4.70. The minimum atomic E-state index is -1.48. The number of carbonyl (C=O) groups is 1. The molecule has 1 atom stereocenters. The number of rotatable bonds is 3. The molecule has 1 aromatic rings. The summed E-state index contributed by atoms with van der Waals surface area (Å²) >= 11 is 0. The Morgan fingerprint density at radius 3 is 2.37 bits per heavy atom. The molecule has 2 N–H and O–H groups in total. The van der Waals surface area contributed by atoms with Crippen LogP contribution in [0.2, 0.25) is 0 Å². The first kappa shape index (κ1) is 15.4. The Balaban J connectivity index is 2.61. The summed E-state index contributed by atoms with van der Waals surface area (Å²) in [6.07, 6.45) is -2.24. The molecule has 0 saturated heterocycles. The highest BCUT2D eigenvalue weighted by Crippen LogP contribution is 2.20. The van der Waals surface area contributed by atoms with Crippen LogP contribution in [-0.2, 0) is 4.74 Å². The third kappa shape index (κ3) is 4.82. The van der Waals surface area contributed by atoms with Gasteiger partial charge in [-0.1, -0.05) is 6.07 Å². The molecule has 0 aromatic heterocycles. The van der Waals surface area contributed by atoms with Crippen molar-refractivity contribution in [2.75, 3.05) is 6.54 Å². The molecule has 4 nitrogen and oxygen atoms in total. The summed E-state index contributed by atoms with van der Waals surface area (Å²) < 4.78 is 31.6. The standard InChI is InChI=1S/C13H17F2NO3/c1-13(2,3)19-12(18)16-7-10(17)11-8(14)5-4-6-9(11)15/h4-6,10,17H,7H2,1-3H3,(H,16,18)/t10-/m1/s1. The van der Waals surface area contributed by atoms with E-state index in [2.05, 4.69) is 5.32 Å². The summed E-state index contributed by atoms with van der Waals surface area (Å²) in [4.78, 5) is 11.3. The van der Waals surface area contributed by atoms with Gasteiger partial charge in [0.25, 0.3) is 0 Å². The monoisotopic (exact) mass is 273 g/mol. The Bertz CT molecular complexity index is 437. The Kier molecular flexibility index (Phi) is 4.83. The summed E-state index contributed by atoms with van der Waals surface area (Å²) in [5.74, 6) is -1.73. The van der Waals surface area contributed by atoms with Crippen LogP contribution in [-0.4, -0.2) is 23.3 Å². The Morgan fingerprint density at radius 1 is 1.37 bits per heavy atom. The molecule has 0 aliphatic rings. The van der Waals surface area contributed by atoms with Crippen LogP contribution in [0.4, 0.5) is 13.6 Å². The summed E-state index contributed by atoms with van der Waals surface area (Å²) in [6, 6.07) is 3.27. The van der Waals surface area contributed by atoms with Crippen LogP contribution < -0.4 is 5.32 Å². The van der Waals surface area contributed by atoms with E-state index in [1.165, 1.54) is 6.07 Å². The van der Waals surface area contributed by atoms with Crippen molar-refractivity contribution in [1.82, 2.24) is 5.32 Å². The number of nitrogens with one attached hydrogen (secondary N) is 1. The van der Waals surface area contributed by atoms with Crippen LogP contribution in [0, 0.1) is 11.6 Å². The zero-order valence-electron chi connectivity index (χ0n) is 11.0. The average molecular weight is 273 g/mol. The van der Waals surface area contributed by atoms with Gasteiger partial charge < -0.3 is 15.2 Å². The predicted octanol–water partition coefficient (Wildman–Crippen LogP) is 2.52. The molecule has 6 heteroatoms. The SMILES string of the molecule is CC(C)(C)OC(=O)NC[C@@H](O)c1c(F)cccc1F. The van der Waals surface area contributed by atoms with Gasteiger partial charge in [-0.2, -0.15) is 0 Å². The van der Waals surface area contributed by atoms with Crippen LogP contribution in [0.1, 0.15) is 32.4 Å². The number of aliphatic hydroxyl groups is 1. The zero-order valence-corrected chi connectivity index (χ0v) is 11.0. The fraction of sp³-hybridized carbons (Fsp3) is 0.462. The van der Waals surface area contributed by atoms with Gasteiger partial charge >= 0.3 is 6.09 Å². The van der Waals surface area contributed by atoms with E-state index in [4.69, 9.17) is 4.74 Å². The van der Waals surface area contributed by atoms with Gasteiger partial charge in [-0.15, -0.1) is 0 Å². The van der Waals surface area contributed by atoms with E-state index in [1.54, 1.807) is 20.8 Å². The lowest BCUT2D eigenvalue weighted by Gasteiger charge is -2.20. The molecule has 0 saturated carbocycles. The second kappa shape index (κ2) is 5.97. The largest absolute Gasteiger partial charge is 0.444 e. The molecule has 0 bridgehead atoms. The van der Waals surface area contributed by atoms with Crippen LogP contribution in [0.5, 0.6) is 0 Å². The topological polar surface area (TPSA) is 58.6 Å². The number of ether oxygens (including phenoxy) is 1. The highest BCUT2D eigenvalue weighted by atomic mass is 19.1. The molecule has 1 amide bonds. The van der Waals surface area contributed by atoms with Crippen molar-refractivity contribution in [3.05, 3.63) is 35.4 Å². The number of benzene rings is 1. The maximum Gasteiger partial charge on any atom is 0.407 e. The molecule has 1 rings (SSSR count). The van der Waals surface area contributed by atoms with Crippen molar-refractivity contribution in [3.63, 3.8) is 0 Å². The van der Waals surface area contributed by atoms with E-state index in [1.807, 2.05) is 0 Å². The van der Waals surface area contributed by atoms with Crippen molar-refractivity contribution in [2.45, 2.75) is 32.5 Å². The average Bonchev–Trinajstić information content (AvgIpc) is 2.23. The Morgan fingerprint density at radius 2 is 1.89 bits per heavy atom. The molecule has 1 aromatic carbocycles. The van der Waals surface area contributed by atoms with Gasteiger partial charge in [0.05, 0.1) is 12.1 Å². The van der Waals surface area contributed by atoms with Crippen molar-refractivity contribution in [3.8, 4) is 0 Å². The Labute approximate surface area is 110 Å². The number of hydrogen-bond acceptors (Lipinski definition) is 3. The predicted molar refractivity (Wildman–Crippen MR) is 65.6 cm³/mol. The molecule has 0 unspecified atom stereocenters. The van der Waals surface area contributed by atoms with Gasteiger partial charge in [0.15, 0.2) is 0 Å². The first-order valence-electron chi connectivity index (χ1n) is 5.79. The summed E-state index contributed by atoms with van der Waals surface area (Å²) in [7, 11) is 0. The quantitative estimate of drug-likeness (QED) is 0.889. The van der Waals surface area contributed by atoms with Crippen molar-refractivity contribution >= 4 is 6.09 Å². The van der Waals surface area contributed by atoms with Gasteiger partial charge in [-0.05, 0) is 32.9 Å². The third-order valence-corrected chi connectivity index (χ3v) is 2.17. The van der Waals surface area contributed by atoms with Crippen molar-refractivity contribution in [2.24, 2.45) is 0 Å². The fourth-order valence-electron chi connectivity index (χ4n) is 1.43. The van der Waals surface area contributed by atoms with Crippen LogP contribution in [0.15, 0.2) is 18.2 Å². The molecule has 106 valence electrons. The van der Waals surface area contributed by atoms with Gasteiger partial charge in [-0.25, -0.2) is 13.6 Å². The smallest absolute Gasteiger partial charge is 0.407 e. The first-order chi connectivity index (χ1) is 8.70. The number of amides is 1. The highest BCUT2D eigenvalue weighted by Gasteiger charge is 2.20. The molecular weight excluding hydrogens is 256 g/mol. The molecule has 0 aliphatic heterocycles. The minimum Gasteiger partial charge on any atom is -0.444 e. The van der Waals surface area contributed by atoms with Crippen LogP contribution >= 0.6 is 0 Å². The maximum absolute atomic E-state index is 13.4. The number of alkyl carbamates (subject to hydrolysis) is 1. The molecule has 19 heavy (non-hydrogen) atoms. The van der Waals surface area contributed by atoms with Crippen molar-refractivity contribution in [1.29, 1.82) is 0 Å². The lowest BCUT2D eigenvalue weighted by atomic mass is 10.1. The van der Waals surface area contributed by atoms with E-state index in [-0.39, 0.29) is 6.54 Å². The zero-order chi connectivity index (χ0) is 14.6. The normalized spacial score (nSPS) is 12.9. The molecule has 0 aliphatic carbocycles. The lowest BCUT2D eigenvalue weighted by Crippen LogP contribution is -2.35. The molecule has 0 heterocycles. The molecule has 0 spiro atoms. The van der Waals surface area contributed by atoms with Gasteiger partial charge in [0.1, 0.15) is 23.3 Å². The molecule has 0 radical (unpaired) electrons. The lowest BCUT2D eigenvalue weighted by molar-refractivity contribution is 0.0488. The first-order valence-corrected chi connectivity index (χ1v) is 5.79. The highest BCUT2D eigenvalue weighted by molar-refractivity contribution is 5.67. The molecular formula is C13H17F2NO3. The van der Waals surface area contributed by atoms with Gasteiger partial charge in [-0.3, -0.25) is 0 Å². The van der Waals surface area contributed by atoms with E-state index in [0.717, 1.165) is 12.1 Å². The summed E-state index contributed by atoms with van der Waals surface area (Å²) in [5.41, 5.74) is -1.16. The van der Waals surface area contributed by atoms with E-state index in [9.17, 15) is 18.7 Å². The second-order valence-corrected chi connectivity index (χ2v) is 5.03. The second-order valence-electron chi connectivity index (χ2n) is 5.03. The van der Waals surface area contributed by atoms with Crippen LogP contribution in [0.3, 0.4) is 0 Å². The van der Waals surface area contributed by atoms with Gasteiger partial charge in [0, 0.05) is 0 Å². The number of hydrogen-bond donors (Lipinski definition) is 2. The van der Waals surface area contributed by atoms with E-state index in [0.29, 0.717) is 0 Å². The number of carbonyl (C=O) groups excluding carboxylic acids is 1. The maximum atomic E-state index is 13.4. The third-order valence-electron chi connectivity index (χ3n) is 2.17. The summed E-state index contributed by atoms with van der Waals surface area (Å²) in [5, 5.41) is 11.9. The van der Waals surface area contributed by atoms with Gasteiger partial charge in [0.2, 0.25) is 0 Å². The Hall–Kier alpha value is -1.69. The van der Waals surface area contributed by atoms with E-state index >= 15 is 0 Å². The van der Waals surface area contributed by atoms with Crippen LogP contribution in [0.25, 0.3) is 0 Å². The van der Waals surface area contributed by atoms with E-state index < -0.39 is 35.0 Å².